The highest BCUT2D eigenvalue weighted by Crippen LogP contribution is 2.51. The molecule has 0 radical (unpaired) electrons. The first-order valence-electron chi connectivity index (χ1n) is 13.9. The summed E-state index contributed by atoms with van der Waals surface area (Å²) in [6.07, 6.45) is 3.69. The number of benzene rings is 2. The number of hydrogen-bond acceptors (Lipinski definition) is 8. The second kappa shape index (κ2) is 12.5. The molecule has 2 aromatic rings. The van der Waals surface area contributed by atoms with Crippen molar-refractivity contribution in [1.82, 2.24) is 4.90 Å². The minimum absolute atomic E-state index is 0.0498. The molecule has 1 amide bonds. The molecule has 2 aromatic carbocycles. The summed E-state index contributed by atoms with van der Waals surface area (Å²) < 4.78 is 36.6. The number of rotatable bonds is 8. The average molecular weight is 587 g/mol. The maximum absolute atomic E-state index is 13.9. The lowest BCUT2D eigenvalue weighted by molar-refractivity contribution is -0.385. The van der Waals surface area contributed by atoms with E-state index in [1.807, 2.05) is 13.8 Å². The minimum Gasteiger partial charge on any atom is -0.466 e. The molecule has 5 rings (SSSR count). The van der Waals surface area contributed by atoms with E-state index < -0.39 is 32.4 Å². The van der Waals surface area contributed by atoms with Crippen LogP contribution in [0, 0.1) is 33.7 Å². The summed E-state index contributed by atoms with van der Waals surface area (Å²) in [5.41, 5.74) is 0.745. The number of hydrogen-bond donors (Lipinski definition) is 0. The van der Waals surface area contributed by atoms with Crippen molar-refractivity contribution in [3.63, 3.8) is 0 Å². The molecule has 1 heterocycles. The molecule has 0 aromatic heterocycles. The van der Waals surface area contributed by atoms with Gasteiger partial charge in [-0.05, 0) is 61.8 Å². The molecule has 12 heteroatoms. The van der Waals surface area contributed by atoms with Gasteiger partial charge in [-0.2, -0.15) is 4.36 Å². The van der Waals surface area contributed by atoms with Crippen LogP contribution in [0.3, 0.4) is 0 Å². The summed E-state index contributed by atoms with van der Waals surface area (Å²) in [4.78, 5) is 43.7. The highest BCUT2D eigenvalue weighted by molar-refractivity contribution is 7.93. The number of carbonyl (C=O) groups excluding carboxylic acids is 2. The number of esters is 1. The van der Waals surface area contributed by atoms with Crippen LogP contribution in [0.1, 0.15) is 52.0 Å². The number of carbonyl (C=O) groups is 2. The number of nitro benzene ring substituents is 1. The standard InChI is InChI=1S/C27H29FN4O6S.C2H6/c1-3-38-27(34)25-17-6-7-18(12-17)26(25)31(15-16-4-8-19(28)9-5-16)24(33)14-23-29-21-11-10-20(32(35)36)13-22(21)39(2,37)30-23;1-2/h4-5,8-11,13,17-18,25-26H,3,6-7,12,14-15H2,1-2H3;1-2H3/t17-,18+,25+,26-,39?;/m0./s1. The topological polar surface area (TPSA) is 132 Å². The van der Waals surface area contributed by atoms with Crippen molar-refractivity contribution in [2.45, 2.75) is 63.9 Å². The molecule has 41 heavy (non-hydrogen) atoms. The van der Waals surface area contributed by atoms with Crippen LogP contribution >= 0.6 is 0 Å². The van der Waals surface area contributed by atoms with E-state index in [2.05, 4.69) is 9.36 Å². The Bertz CT molecular complexity index is 1480. The summed E-state index contributed by atoms with van der Waals surface area (Å²) >= 11 is 0. The monoisotopic (exact) mass is 586 g/mol. The smallest absolute Gasteiger partial charge is 0.311 e. The molecule has 1 unspecified atom stereocenters. The number of amidine groups is 1. The summed E-state index contributed by atoms with van der Waals surface area (Å²) in [5.74, 6) is -1.24. The molecule has 1 aliphatic heterocycles. The van der Waals surface area contributed by atoms with Crippen molar-refractivity contribution < 1.29 is 27.8 Å². The molecule has 2 aliphatic carbocycles. The van der Waals surface area contributed by atoms with E-state index >= 15 is 0 Å². The van der Waals surface area contributed by atoms with Crippen LogP contribution in [-0.4, -0.2) is 50.6 Å². The van der Waals surface area contributed by atoms with Crippen molar-refractivity contribution >= 4 is 38.8 Å². The fraction of sp³-hybridized carbons (Fsp3) is 0.483. The van der Waals surface area contributed by atoms with Crippen LogP contribution in [-0.2, 0) is 30.6 Å². The lowest BCUT2D eigenvalue weighted by atomic mass is 9.83. The van der Waals surface area contributed by atoms with Crippen LogP contribution in [0.25, 0.3) is 0 Å². The fourth-order valence-electron chi connectivity index (χ4n) is 6.16. The van der Waals surface area contributed by atoms with E-state index in [0.717, 1.165) is 19.3 Å². The van der Waals surface area contributed by atoms with Crippen LogP contribution in [0.2, 0.25) is 0 Å². The Morgan fingerprint density at radius 1 is 1.15 bits per heavy atom. The molecule has 0 spiro atoms. The van der Waals surface area contributed by atoms with Gasteiger partial charge in [0.05, 0.1) is 44.2 Å². The largest absolute Gasteiger partial charge is 0.466 e. The third-order valence-corrected chi connectivity index (χ3v) is 9.48. The number of halogens is 1. The Hall–Kier alpha value is -3.67. The molecule has 5 atom stereocenters. The van der Waals surface area contributed by atoms with Crippen molar-refractivity contribution in [3.8, 4) is 0 Å². The third kappa shape index (κ3) is 6.32. The Kier molecular flexibility index (Phi) is 9.21. The SMILES string of the molecule is CC.CCOC(=O)[C@@H]1[C@H]2CC[C@H](C2)[C@@H]1N(Cc1ccc(F)cc1)C(=O)CC1=Nc2ccc([N+](=O)[O-])cc2S(C)(=O)=N1. The molecule has 3 aliphatic rings. The third-order valence-electron chi connectivity index (χ3n) is 7.78. The first-order chi connectivity index (χ1) is 19.6. The lowest BCUT2D eigenvalue weighted by Crippen LogP contribution is -2.50. The minimum atomic E-state index is -3.09. The van der Waals surface area contributed by atoms with E-state index in [4.69, 9.17) is 4.74 Å². The van der Waals surface area contributed by atoms with Gasteiger partial charge in [0.15, 0.2) is 0 Å². The van der Waals surface area contributed by atoms with E-state index in [0.29, 0.717) is 5.56 Å². The van der Waals surface area contributed by atoms with Gasteiger partial charge >= 0.3 is 5.97 Å². The van der Waals surface area contributed by atoms with E-state index in [1.54, 1.807) is 24.0 Å². The van der Waals surface area contributed by atoms with Crippen molar-refractivity contribution in [2.24, 2.45) is 27.1 Å². The zero-order valence-electron chi connectivity index (χ0n) is 23.6. The predicted molar refractivity (Wildman–Crippen MR) is 153 cm³/mol. The number of fused-ring (bicyclic) bond motifs is 3. The van der Waals surface area contributed by atoms with Gasteiger partial charge in [-0.1, -0.05) is 26.0 Å². The summed E-state index contributed by atoms with van der Waals surface area (Å²) in [5, 5.41) is 11.2. The molecule has 2 saturated carbocycles. The van der Waals surface area contributed by atoms with Gasteiger partial charge in [0, 0.05) is 31.0 Å². The number of ether oxygens (including phenoxy) is 1. The second-order valence-corrected chi connectivity index (χ2v) is 12.5. The Morgan fingerprint density at radius 2 is 1.83 bits per heavy atom. The van der Waals surface area contributed by atoms with E-state index in [1.165, 1.54) is 36.6 Å². The van der Waals surface area contributed by atoms with Gasteiger partial charge in [0.25, 0.3) is 5.69 Å². The molecule has 0 N–H and O–H groups in total. The maximum Gasteiger partial charge on any atom is 0.311 e. The molecule has 220 valence electrons. The predicted octanol–water partition coefficient (Wildman–Crippen LogP) is 5.66. The van der Waals surface area contributed by atoms with Crippen molar-refractivity contribution in [1.29, 1.82) is 0 Å². The average Bonchev–Trinajstić information content (AvgIpc) is 3.55. The highest BCUT2D eigenvalue weighted by atomic mass is 32.2. The Morgan fingerprint density at radius 3 is 2.49 bits per heavy atom. The molecule has 10 nitrogen and oxygen atoms in total. The highest BCUT2D eigenvalue weighted by Gasteiger charge is 2.54. The van der Waals surface area contributed by atoms with Crippen molar-refractivity contribution in [2.75, 3.05) is 12.9 Å². The Labute approximate surface area is 239 Å². The van der Waals surface area contributed by atoms with Gasteiger partial charge < -0.3 is 9.64 Å². The number of nitro groups is 1. The molecular weight excluding hydrogens is 551 g/mol. The normalized spacial score (nSPS) is 25.6. The molecule has 2 bridgehead atoms. The zero-order chi connectivity index (χ0) is 29.9. The van der Waals surface area contributed by atoms with E-state index in [9.17, 15) is 28.3 Å². The zero-order valence-corrected chi connectivity index (χ0v) is 24.4. The quantitative estimate of drug-likeness (QED) is 0.223. The first-order valence-corrected chi connectivity index (χ1v) is 15.8. The fourth-order valence-corrected chi connectivity index (χ4v) is 7.60. The van der Waals surface area contributed by atoms with Gasteiger partial charge in [0.1, 0.15) is 11.7 Å². The van der Waals surface area contributed by atoms with Gasteiger partial charge in [-0.15, -0.1) is 0 Å². The molecule has 0 saturated heterocycles. The Balaban J connectivity index is 0.00000189. The molecule has 2 fully saturated rings. The summed E-state index contributed by atoms with van der Waals surface area (Å²) in [7, 11) is -3.09. The number of amides is 1. The summed E-state index contributed by atoms with van der Waals surface area (Å²) in [6, 6.07) is 9.32. The van der Waals surface area contributed by atoms with E-state index in [-0.39, 0.29) is 65.4 Å². The van der Waals surface area contributed by atoms with Gasteiger partial charge in [0.2, 0.25) is 5.91 Å². The second-order valence-electron chi connectivity index (χ2n) is 10.3. The first kappa shape index (κ1) is 30.3. The van der Waals surface area contributed by atoms with Crippen LogP contribution < -0.4 is 0 Å². The maximum atomic E-state index is 13.9. The lowest BCUT2D eigenvalue weighted by Gasteiger charge is -2.39. The van der Waals surface area contributed by atoms with Crippen LogP contribution in [0.15, 0.2) is 56.7 Å². The summed E-state index contributed by atoms with van der Waals surface area (Å²) in [6.45, 7) is 6.14. The number of aliphatic imine (C=N–C) groups is 1. The number of nitrogens with zero attached hydrogens (tertiary/aromatic N) is 4. The number of non-ortho nitro benzene ring substituents is 1. The van der Waals surface area contributed by atoms with Crippen LogP contribution in [0.5, 0.6) is 0 Å². The van der Waals surface area contributed by atoms with Gasteiger partial charge in [-0.25, -0.2) is 13.6 Å². The van der Waals surface area contributed by atoms with Gasteiger partial charge in [-0.3, -0.25) is 19.7 Å². The van der Waals surface area contributed by atoms with Crippen molar-refractivity contribution in [3.05, 3.63) is 64.0 Å². The van der Waals surface area contributed by atoms with Crippen LogP contribution in [0.4, 0.5) is 15.8 Å². The molecular formula is C29H35FN4O6S.